The van der Waals surface area contributed by atoms with E-state index in [0.29, 0.717) is 5.69 Å². The van der Waals surface area contributed by atoms with Gasteiger partial charge in [-0.2, -0.15) is 0 Å². The first kappa shape index (κ1) is 33.5. The Morgan fingerprint density at radius 3 is 2.00 bits per heavy atom. The van der Waals surface area contributed by atoms with Crippen LogP contribution in [0.4, 0.5) is 5.69 Å². The SMILES string of the molecule is Cc1cccc(CN(C(=O)CN(c2cccc(C)c2C)S(=O)(=O)c2ccccc2)[C@H](Cc2ccccc2)C(=O)NC(C)(C)C)c1. The molecular weight excluding hydrogens is 582 g/mol. The minimum Gasteiger partial charge on any atom is -0.350 e. The van der Waals surface area contributed by atoms with Crippen molar-refractivity contribution in [3.8, 4) is 0 Å². The van der Waals surface area contributed by atoms with E-state index in [9.17, 15) is 18.0 Å². The third kappa shape index (κ3) is 8.60. The van der Waals surface area contributed by atoms with Gasteiger partial charge in [0.25, 0.3) is 10.0 Å². The summed E-state index contributed by atoms with van der Waals surface area (Å²) >= 11 is 0. The van der Waals surface area contributed by atoms with E-state index in [1.54, 1.807) is 30.3 Å². The van der Waals surface area contributed by atoms with Gasteiger partial charge in [0.1, 0.15) is 12.6 Å². The molecule has 0 radical (unpaired) electrons. The van der Waals surface area contributed by atoms with E-state index in [2.05, 4.69) is 5.32 Å². The second-order valence-electron chi connectivity index (χ2n) is 12.5. The van der Waals surface area contributed by atoms with Gasteiger partial charge in [0, 0.05) is 18.5 Å². The summed E-state index contributed by atoms with van der Waals surface area (Å²) < 4.78 is 29.6. The number of carbonyl (C=O) groups excluding carboxylic acids is 2. The molecule has 0 fully saturated rings. The summed E-state index contributed by atoms with van der Waals surface area (Å²) in [6.45, 7) is 11.1. The summed E-state index contributed by atoms with van der Waals surface area (Å²) in [5, 5.41) is 3.06. The van der Waals surface area contributed by atoms with Crippen LogP contribution in [0.5, 0.6) is 0 Å². The van der Waals surface area contributed by atoms with E-state index in [-0.39, 0.29) is 23.8 Å². The van der Waals surface area contributed by atoms with Gasteiger partial charge in [-0.3, -0.25) is 13.9 Å². The van der Waals surface area contributed by atoms with Crippen LogP contribution in [-0.4, -0.2) is 43.3 Å². The normalized spacial score (nSPS) is 12.3. The standard InChI is InChI=1S/C37H43N3O4S/c1-27-15-13-19-31(23-27)25-39(34(36(42)38-37(4,5)6)24-30-17-9-7-10-18-30)35(41)26-40(33-22-14-16-28(2)29(33)3)45(43,44)32-20-11-8-12-21-32/h7-23,34H,24-26H2,1-6H3,(H,38,42)/t34-/m1/s1. The zero-order valence-corrected chi connectivity index (χ0v) is 27.8. The smallest absolute Gasteiger partial charge is 0.264 e. The van der Waals surface area contributed by atoms with Crippen molar-refractivity contribution in [2.75, 3.05) is 10.8 Å². The van der Waals surface area contributed by atoms with E-state index >= 15 is 0 Å². The van der Waals surface area contributed by atoms with E-state index in [4.69, 9.17) is 0 Å². The molecule has 7 nitrogen and oxygen atoms in total. The van der Waals surface area contributed by atoms with Crippen molar-refractivity contribution in [1.29, 1.82) is 0 Å². The monoisotopic (exact) mass is 625 g/mol. The lowest BCUT2D eigenvalue weighted by atomic mass is 10.0. The topological polar surface area (TPSA) is 86.8 Å². The predicted octanol–water partition coefficient (Wildman–Crippen LogP) is 6.36. The molecule has 4 rings (SSSR count). The lowest BCUT2D eigenvalue weighted by molar-refractivity contribution is -0.140. The summed E-state index contributed by atoms with van der Waals surface area (Å²) in [5.74, 6) is -0.793. The summed E-state index contributed by atoms with van der Waals surface area (Å²) in [7, 11) is -4.15. The Hall–Kier alpha value is -4.43. The number of benzene rings is 4. The Morgan fingerprint density at radius 1 is 0.778 bits per heavy atom. The van der Waals surface area contributed by atoms with Crippen LogP contribution in [0.25, 0.3) is 0 Å². The molecule has 0 spiro atoms. The molecule has 236 valence electrons. The Kier molecular flexibility index (Phi) is 10.5. The van der Waals surface area contributed by atoms with Crippen LogP contribution < -0.4 is 9.62 Å². The molecule has 0 saturated heterocycles. The lowest BCUT2D eigenvalue weighted by Crippen LogP contribution is -2.56. The number of carbonyl (C=O) groups is 2. The molecule has 8 heteroatoms. The minimum absolute atomic E-state index is 0.0789. The van der Waals surface area contributed by atoms with Crippen LogP contribution in [0.3, 0.4) is 0 Å². The maximum Gasteiger partial charge on any atom is 0.264 e. The third-order valence-corrected chi connectivity index (χ3v) is 9.43. The molecule has 0 saturated carbocycles. The van der Waals surface area contributed by atoms with E-state index in [1.807, 2.05) is 102 Å². The Morgan fingerprint density at radius 2 is 1.38 bits per heavy atom. The second-order valence-corrected chi connectivity index (χ2v) is 14.4. The van der Waals surface area contributed by atoms with Crippen LogP contribution in [0.15, 0.2) is 108 Å². The minimum atomic E-state index is -4.15. The van der Waals surface area contributed by atoms with E-state index in [0.717, 1.165) is 27.8 Å². The zero-order valence-electron chi connectivity index (χ0n) is 26.9. The Bertz CT molecular complexity index is 1730. The largest absolute Gasteiger partial charge is 0.350 e. The summed E-state index contributed by atoms with van der Waals surface area (Å²) in [4.78, 5) is 30.2. The Labute approximate surface area is 268 Å². The first-order valence-electron chi connectivity index (χ1n) is 15.1. The van der Waals surface area contributed by atoms with Crippen molar-refractivity contribution in [1.82, 2.24) is 10.2 Å². The van der Waals surface area contributed by atoms with Crippen LogP contribution >= 0.6 is 0 Å². The molecule has 4 aromatic rings. The highest BCUT2D eigenvalue weighted by Crippen LogP contribution is 2.29. The van der Waals surface area contributed by atoms with Crippen LogP contribution in [-0.2, 0) is 32.6 Å². The van der Waals surface area contributed by atoms with Gasteiger partial charge in [-0.15, -0.1) is 0 Å². The molecule has 0 aromatic heterocycles. The molecule has 0 unspecified atom stereocenters. The molecule has 1 atom stereocenters. The summed E-state index contributed by atoms with van der Waals surface area (Å²) in [6, 6.07) is 30.0. The highest BCUT2D eigenvalue weighted by Gasteiger charge is 2.36. The van der Waals surface area contributed by atoms with Crippen molar-refractivity contribution in [2.45, 2.75) is 71.0 Å². The van der Waals surface area contributed by atoms with Crippen molar-refractivity contribution >= 4 is 27.5 Å². The van der Waals surface area contributed by atoms with Crippen molar-refractivity contribution in [2.24, 2.45) is 0 Å². The quantitative estimate of drug-likeness (QED) is 0.210. The van der Waals surface area contributed by atoms with E-state index in [1.165, 1.54) is 21.3 Å². The van der Waals surface area contributed by atoms with Crippen LogP contribution in [0, 0.1) is 20.8 Å². The van der Waals surface area contributed by atoms with Crippen LogP contribution in [0.1, 0.15) is 48.6 Å². The number of nitrogens with one attached hydrogen (secondary N) is 1. The predicted molar refractivity (Wildman–Crippen MR) is 180 cm³/mol. The van der Waals surface area contributed by atoms with Gasteiger partial charge < -0.3 is 10.2 Å². The number of hydrogen-bond donors (Lipinski definition) is 1. The third-order valence-electron chi connectivity index (χ3n) is 7.66. The van der Waals surface area contributed by atoms with Gasteiger partial charge in [-0.05, 0) is 82.0 Å². The maximum atomic E-state index is 14.6. The highest BCUT2D eigenvalue weighted by molar-refractivity contribution is 7.92. The number of anilines is 1. The molecular formula is C37H43N3O4S. The van der Waals surface area contributed by atoms with Crippen LogP contribution in [0.2, 0.25) is 0 Å². The average Bonchev–Trinajstić information content (AvgIpc) is 2.99. The molecule has 0 bridgehead atoms. The first-order valence-corrected chi connectivity index (χ1v) is 16.6. The lowest BCUT2D eigenvalue weighted by Gasteiger charge is -2.35. The fourth-order valence-corrected chi connectivity index (χ4v) is 6.75. The molecule has 45 heavy (non-hydrogen) atoms. The van der Waals surface area contributed by atoms with E-state index < -0.39 is 34.1 Å². The summed E-state index contributed by atoms with van der Waals surface area (Å²) in [5.41, 5.74) is 4.26. The highest BCUT2D eigenvalue weighted by atomic mass is 32.2. The van der Waals surface area contributed by atoms with Gasteiger partial charge in [-0.25, -0.2) is 8.42 Å². The Balaban J connectivity index is 1.84. The fourth-order valence-electron chi connectivity index (χ4n) is 5.25. The van der Waals surface area contributed by atoms with Gasteiger partial charge in [0.05, 0.1) is 10.6 Å². The van der Waals surface area contributed by atoms with Crippen molar-refractivity contribution in [3.63, 3.8) is 0 Å². The first-order chi connectivity index (χ1) is 21.3. The molecule has 4 aromatic carbocycles. The number of hydrogen-bond acceptors (Lipinski definition) is 4. The fraction of sp³-hybridized carbons (Fsp3) is 0.297. The van der Waals surface area contributed by atoms with Gasteiger partial charge >= 0.3 is 0 Å². The number of rotatable bonds is 11. The van der Waals surface area contributed by atoms with Gasteiger partial charge in [0.2, 0.25) is 11.8 Å². The molecule has 0 aliphatic rings. The second kappa shape index (κ2) is 14.1. The number of aryl methyl sites for hydroxylation is 2. The van der Waals surface area contributed by atoms with Crippen molar-refractivity contribution < 1.29 is 18.0 Å². The number of sulfonamides is 1. The van der Waals surface area contributed by atoms with Gasteiger partial charge in [0.15, 0.2) is 0 Å². The maximum absolute atomic E-state index is 14.6. The average molecular weight is 626 g/mol. The number of amides is 2. The molecule has 0 aliphatic heterocycles. The molecule has 0 heterocycles. The molecule has 0 aliphatic carbocycles. The van der Waals surface area contributed by atoms with Crippen molar-refractivity contribution in [3.05, 3.63) is 131 Å². The summed E-state index contributed by atoms with van der Waals surface area (Å²) in [6.07, 6.45) is 0.259. The number of nitrogens with zero attached hydrogens (tertiary/aromatic N) is 2. The van der Waals surface area contributed by atoms with Gasteiger partial charge in [-0.1, -0.05) is 90.5 Å². The molecule has 2 amide bonds. The zero-order chi connectivity index (χ0) is 32.8. The molecule has 1 N–H and O–H groups in total.